The van der Waals surface area contributed by atoms with Crippen LogP contribution in [0.25, 0.3) is 0 Å². The number of methoxy groups -OCH3 is 1. The van der Waals surface area contributed by atoms with Gasteiger partial charge in [-0.05, 0) is 17.7 Å². The van der Waals surface area contributed by atoms with Gasteiger partial charge in [0.05, 0.1) is 31.7 Å². The van der Waals surface area contributed by atoms with Crippen molar-refractivity contribution in [2.75, 3.05) is 13.7 Å². The SMILES string of the molecule is COC(=O)C[C@H](NC(=O)CN)c1cccc(C(F)(F)F)c1. The van der Waals surface area contributed by atoms with Crippen LogP contribution in [0.2, 0.25) is 0 Å². The number of nitrogens with one attached hydrogen (secondary N) is 1. The summed E-state index contributed by atoms with van der Waals surface area (Å²) in [6.45, 7) is -0.337. The average Bonchev–Trinajstić information content (AvgIpc) is 2.45. The molecule has 0 radical (unpaired) electrons. The first-order valence-corrected chi connectivity index (χ1v) is 6.01. The third-order valence-corrected chi connectivity index (χ3v) is 2.74. The van der Waals surface area contributed by atoms with E-state index < -0.39 is 29.7 Å². The van der Waals surface area contributed by atoms with Crippen LogP contribution in [0.5, 0.6) is 0 Å². The number of hydrogen-bond acceptors (Lipinski definition) is 4. The van der Waals surface area contributed by atoms with Crippen molar-refractivity contribution in [1.82, 2.24) is 5.32 Å². The van der Waals surface area contributed by atoms with Crippen molar-refractivity contribution in [3.05, 3.63) is 35.4 Å². The molecule has 5 nitrogen and oxygen atoms in total. The summed E-state index contributed by atoms with van der Waals surface area (Å²) in [4.78, 5) is 22.7. The number of ether oxygens (including phenoxy) is 1. The van der Waals surface area contributed by atoms with Crippen LogP contribution in [0.4, 0.5) is 13.2 Å². The van der Waals surface area contributed by atoms with Crippen molar-refractivity contribution in [2.45, 2.75) is 18.6 Å². The minimum absolute atomic E-state index is 0.150. The van der Waals surface area contributed by atoms with Gasteiger partial charge in [-0.25, -0.2) is 0 Å². The first-order chi connectivity index (χ1) is 9.77. The molecule has 116 valence electrons. The van der Waals surface area contributed by atoms with Crippen LogP contribution < -0.4 is 11.1 Å². The summed E-state index contributed by atoms with van der Waals surface area (Å²) in [5.41, 5.74) is 4.44. The van der Waals surface area contributed by atoms with Crippen molar-refractivity contribution >= 4 is 11.9 Å². The van der Waals surface area contributed by atoms with E-state index in [0.717, 1.165) is 19.2 Å². The van der Waals surface area contributed by atoms with Crippen molar-refractivity contribution in [3.63, 3.8) is 0 Å². The monoisotopic (exact) mass is 304 g/mol. The Hall–Kier alpha value is -2.09. The first-order valence-electron chi connectivity index (χ1n) is 6.01. The second-order valence-corrected chi connectivity index (χ2v) is 4.23. The van der Waals surface area contributed by atoms with E-state index in [4.69, 9.17) is 5.73 Å². The molecular weight excluding hydrogens is 289 g/mol. The van der Waals surface area contributed by atoms with Crippen molar-refractivity contribution in [1.29, 1.82) is 0 Å². The molecule has 0 aliphatic rings. The van der Waals surface area contributed by atoms with E-state index >= 15 is 0 Å². The fourth-order valence-electron chi connectivity index (χ4n) is 1.69. The third-order valence-electron chi connectivity index (χ3n) is 2.74. The Bertz CT molecular complexity index is 500. The molecule has 21 heavy (non-hydrogen) atoms. The summed E-state index contributed by atoms with van der Waals surface area (Å²) < 4.78 is 42.5. The third kappa shape index (κ3) is 5.07. The molecular formula is C13H15F3N2O3. The Morgan fingerprint density at radius 1 is 1.38 bits per heavy atom. The van der Waals surface area contributed by atoms with Gasteiger partial charge in [-0.3, -0.25) is 9.59 Å². The minimum atomic E-state index is -4.51. The Kier molecular flexibility index (Phi) is 5.71. The number of hydrogen-bond donors (Lipinski definition) is 2. The second kappa shape index (κ2) is 7.07. The van der Waals surface area contributed by atoms with Gasteiger partial charge in [-0.2, -0.15) is 13.2 Å². The van der Waals surface area contributed by atoms with Crippen LogP contribution in [0.3, 0.4) is 0 Å². The molecule has 0 bridgehead atoms. The molecule has 1 atom stereocenters. The molecule has 8 heteroatoms. The molecule has 3 N–H and O–H groups in total. The standard InChI is InChI=1S/C13H15F3N2O3/c1-21-12(20)6-10(18-11(19)7-17)8-3-2-4-9(5-8)13(14,15)16/h2-5,10H,6-7,17H2,1H3,(H,18,19)/t10-/m0/s1. The fourth-order valence-corrected chi connectivity index (χ4v) is 1.69. The minimum Gasteiger partial charge on any atom is -0.469 e. The summed E-state index contributed by atoms with van der Waals surface area (Å²) in [6, 6.07) is 3.45. The lowest BCUT2D eigenvalue weighted by Gasteiger charge is -2.19. The molecule has 0 saturated heterocycles. The van der Waals surface area contributed by atoms with Crippen LogP contribution in [-0.2, 0) is 20.5 Å². The Labute approximate surface area is 119 Å². The molecule has 0 spiro atoms. The number of halogens is 3. The number of nitrogens with two attached hydrogens (primary N) is 1. The van der Waals surface area contributed by atoms with E-state index in [1.165, 1.54) is 12.1 Å². The predicted octanol–water partition coefficient (Wildman–Crippen LogP) is 1.38. The molecule has 1 amide bonds. The van der Waals surface area contributed by atoms with Crippen LogP contribution in [0, 0.1) is 0 Å². The molecule has 0 aromatic heterocycles. The highest BCUT2D eigenvalue weighted by Gasteiger charge is 2.31. The van der Waals surface area contributed by atoms with Gasteiger partial charge < -0.3 is 15.8 Å². The lowest BCUT2D eigenvalue weighted by Crippen LogP contribution is -2.35. The normalized spacial score (nSPS) is 12.6. The Morgan fingerprint density at radius 2 is 2.05 bits per heavy atom. The fraction of sp³-hybridized carbons (Fsp3) is 0.385. The summed E-state index contributed by atoms with van der Waals surface area (Å²) >= 11 is 0. The maximum Gasteiger partial charge on any atom is 0.416 e. The van der Waals surface area contributed by atoms with Gasteiger partial charge >= 0.3 is 12.1 Å². The van der Waals surface area contributed by atoms with Gasteiger partial charge in [-0.15, -0.1) is 0 Å². The maximum absolute atomic E-state index is 12.7. The van der Waals surface area contributed by atoms with Gasteiger partial charge in [-0.1, -0.05) is 12.1 Å². The maximum atomic E-state index is 12.7. The Morgan fingerprint density at radius 3 is 2.57 bits per heavy atom. The summed E-state index contributed by atoms with van der Waals surface area (Å²) in [7, 11) is 1.15. The molecule has 0 aliphatic carbocycles. The number of rotatable bonds is 5. The van der Waals surface area contributed by atoms with E-state index in [-0.39, 0.29) is 18.5 Å². The molecule has 0 unspecified atom stereocenters. The predicted molar refractivity (Wildman–Crippen MR) is 68.0 cm³/mol. The van der Waals surface area contributed by atoms with E-state index in [1.807, 2.05) is 0 Å². The number of benzene rings is 1. The molecule has 1 aromatic rings. The van der Waals surface area contributed by atoms with E-state index in [2.05, 4.69) is 10.1 Å². The smallest absolute Gasteiger partial charge is 0.416 e. The van der Waals surface area contributed by atoms with Crippen LogP contribution >= 0.6 is 0 Å². The molecule has 0 saturated carbocycles. The number of alkyl halides is 3. The highest BCUT2D eigenvalue weighted by atomic mass is 19.4. The van der Waals surface area contributed by atoms with E-state index in [9.17, 15) is 22.8 Å². The molecule has 0 fully saturated rings. The van der Waals surface area contributed by atoms with Gasteiger partial charge in [0, 0.05) is 0 Å². The molecule has 0 aliphatic heterocycles. The summed E-state index contributed by atoms with van der Waals surface area (Å²) in [5, 5.41) is 2.39. The zero-order chi connectivity index (χ0) is 16.0. The number of carbonyl (C=O) groups is 2. The number of esters is 1. The van der Waals surface area contributed by atoms with Gasteiger partial charge in [0.1, 0.15) is 0 Å². The molecule has 1 aromatic carbocycles. The summed E-state index contributed by atoms with van der Waals surface area (Å²) in [6.07, 6.45) is -4.80. The Balaban J connectivity index is 3.07. The van der Waals surface area contributed by atoms with Crippen molar-refractivity contribution in [3.8, 4) is 0 Å². The number of carbonyl (C=O) groups excluding carboxylic acids is 2. The van der Waals surface area contributed by atoms with Gasteiger partial charge in [0.15, 0.2) is 0 Å². The topological polar surface area (TPSA) is 81.4 Å². The second-order valence-electron chi connectivity index (χ2n) is 4.23. The lowest BCUT2D eigenvalue weighted by atomic mass is 10.0. The zero-order valence-corrected chi connectivity index (χ0v) is 11.2. The van der Waals surface area contributed by atoms with E-state index in [1.54, 1.807) is 0 Å². The lowest BCUT2D eigenvalue weighted by molar-refractivity contribution is -0.141. The largest absolute Gasteiger partial charge is 0.469 e. The van der Waals surface area contributed by atoms with Crippen molar-refractivity contribution < 1.29 is 27.5 Å². The van der Waals surface area contributed by atoms with Gasteiger partial charge in [0.2, 0.25) is 5.91 Å². The summed E-state index contributed by atoms with van der Waals surface area (Å²) in [5.74, 6) is -1.24. The zero-order valence-electron chi connectivity index (χ0n) is 11.2. The number of amides is 1. The quantitative estimate of drug-likeness (QED) is 0.805. The van der Waals surface area contributed by atoms with Crippen LogP contribution in [0.1, 0.15) is 23.6 Å². The average molecular weight is 304 g/mol. The highest BCUT2D eigenvalue weighted by molar-refractivity contribution is 5.79. The molecule has 1 rings (SSSR count). The van der Waals surface area contributed by atoms with Crippen LogP contribution in [0.15, 0.2) is 24.3 Å². The van der Waals surface area contributed by atoms with E-state index in [0.29, 0.717) is 0 Å². The first kappa shape index (κ1) is 17.0. The van der Waals surface area contributed by atoms with Gasteiger partial charge in [0.25, 0.3) is 0 Å². The molecule has 0 heterocycles. The highest BCUT2D eigenvalue weighted by Crippen LogP contribution is 2.31. The van der Waals surface area contributed by atoms with Crippen LogP contribution in [-0.4, -0.2) is 25.5 Å². The van der Waals surface area contributed by atoms with Crippen molar-refractivity contribution in [2.24, 2.45) is 5.73 Å².